The van der Waals surface area contributed by atoms with Crippen molar-refractivity contribution in [3.63, 3.8) is 0 Å². The van der Waals surface area contributed by atoms with Crippen molar-refractivity contribution >= 4 is 60.8 Å². The van der Waals surface area contributed by atoms with Crippen LogP contribution >= 0.6 is 31.9 Å². The number of hydrogen-bond acceptors (Lipinski definition) is 6. The molecule has 0 atom stereocenters. The lowest BCUT2D eigenvalue weighted by Gasteiger charge is -2.14. The summed E-state index contributed by atoms with van der Waals surface area (Å²) in [6.07, 6.45) is -0.358. The van der Waals surface area contributed by atoms with E-state index in [0.29, 0.717) is 31.8 Å². The lowest BCUT2D eigenvalue weighted by molar-refractivity contribution is -0.142. The molecular formula is C18H19Br2N3O4. The normalized spacial score (nSPS) is 10.2. The molecule has 9 heteroatoms. The highest BCUT2D eigenvalue weighted by atomic mass is 79.9. The summed E-state index contributed by atoms with van der Waals surface area (Å²) in [5.74, 6) is 0.0609. The Bertz CT molecular complexity index is 835. The number of carbonyl (C=O) groups excluding carboxylic acids is 2. The van der Waals surface area contributed by atoms with E-state index in [1.54, 1.807) is 24.3 Å². The van der Waals surface area contributed by atoms with E-state index in [1.165, 1.54) is 7.11 Å². The Morgan fingerprint density at radius 1 is 1.15 bits per heavy atom. The van der Waals surface area contributed by atoms with Crippen LogP contribution in [0.3, 0.4) is 0 Å². The highest BCUT2D eigenvalue weighted by Crippen LogP contribution is 2.40. The van der Waals surface area contributed by atoms with Crippen molar-refractivity contribution in [1.82, 2.24) is 0 Å². The van der Waals surface area contributed by atoms with Crippen LogP contribution < -0.4 is 21.1 Å². The Labute approximate surface area is 173 Å². The molecule has 4 N–H and O–H groups in total. The number of methoxy groups -OCH3 is 1. The molecule has 0 saturated carbocycles. The van der Waals surface area contributed by atoms with Gasteiger partial charge in [-0.15, -0.1) is 0 Å². The molecule has 0 saturated heterocycles. The van der Waals surface area contributed by atoms with Crippen molar-refractivity contribution in [1.29, 1.82) is 0 Å². The van der Waals surface area contributed by atoms with E-state index >= 15 is 0 Å². The lowest BCUT2D eigenvalue weighted by Crippen LogP contribution is -2.17. The molecule has 2 rings (SSSR count). The minimum Gasteiger partial charge on any atom is -0.469 e. The van der Waals surface area contributed by atoms with Gasteiger partial charge in [-0.2, -0.15) is 0 Å². The first kappa shape index (κ1) is 21.0. The van der Waals surface area contributed by atoms with E-state index in [2.05, 4.69) is 47.2 Å². The van der Waals surface area contributed by atoms with Crippen LogP contribution in [0.4, 0.5) is 17.1 Å². The first-order valence-corrected chi connectivity index (χ1v) is 9.59. The summed E-state index contributed by atoms with van der Waals surface area (Å²) in [5, 5.41) is 5.80. The average Bonchev–Trinajstić information content (AvgIpc) is 2.60. The Morgan fingerprint density at radius 2 is 1.81 bits per heavy atom. The number of nitrogens with one attached hydrogen (secondary N) is 2. The van der Waals surface area contributed by atoms with E-state index in [1.807, 2.05) is 13.0 Å². The molecular weight excluding hydrogens is 482 g/mol. The molecule has 0 aliphatic carbocycles. The van der Waals surface area contributed by atoms with Gasteiger partial charge in [-0.05, 0) is 63.0 Å². The number of carbonyl (C=O) groups is 2. The number of hydrogen-bond donors (Lipinski definition) is 3. The quantitative estimate of drug-likeness (QED) is 0.293. The SMILES string of the molecule is CCNc1cc(Oc2c(Br)cc(NC(=O)CC(=O)OC)cc2Br)ccc1N. The van der Waals surface area contributed by atoms with E-state index in [0.717, 1.165) is 12.2 Å². The second-order valence-electron chi connectivity index (χ2n) is 5.45. The number of benzene rings is 2. The molecule has 1 amide bonds. The summed E-state index contributed by atoms with van der Waals surface area (Å²) < 4.78 is 11.7. The van der Waals surface area contributed by atoms with E-state index in [9.17, 15) is 9.59 Å². The molecule has 0 bridgehead atoms. The fourth-order valence-electron chi connectivity index (χ4n) is 2.20. The second-order valence-corrected chi connectivity index (χ2v) is 7.16. The minimum absolute atomic E-state index is 0.358. The van der Waals surface area contributed by atoms with Crippen LogP contribution in [-0.4, -0.2) is 25.5 Å². The third-order valence-electron chi connectivity index (χ3n) is 3.43. The molecule has 144 valence electrons. The van der Waals surface area contributed by atoms with Gasteiger partial charge in [0, 0.05) is 18.3 Å². The molecule has 7 nitrogen and oxygen atoms in total. The topological polar surface area (TPSA) is 103 Å². The van der Waals surface area contributed by atoms with Crippen LogP contribution in [0.2, 0.25) is 0 Å². The number of esters is 1. The highest BCUT2D eigenvalue weighted by Gasteiger charge is 2.14. The number of nitrogen functional groups attached to an aromatic ring is 1. The van der Waals surface area contributed by atoms with Crippen molar-refractivity contribution in [2.45, 2.75) is 13.3 Å². The summed E-state index contributed by atoms with van der Waals surface area (Å²) in [7, 11) is 1.23. The smallest absolute Gasteiger partial charge is 0.315 e. The maximum atomic E-state index is 11.8. The molecule has 0 fully saturated rings. The summed E-state index contributed by atoms with van der Waals surface area (Å²) in [4.78, 5) is 23.0. The Kier molecular flexibility index (Phi) is 7.49. The first-order chi connectivity index (χ1) is 12.8. The number of halogens is 2. The number of nitrogens with two attached hydrogens (primary N) is 1. The van der Waals surface area contributed by atoms with Gasteiger partial charge in [-0.3, -0.25) is 9.59 Å². The van der Waals surface area contributed by atoms with Gasteiger partial charge in [0.05, 0.1) is 27.4 Å². The fourth-order valence-corrected chi connectivity index (χ4v) is 3.55. The zero-order valence-corrected chi connectivity index (χ0v) is 17.9. The predicted molar refractivity (Wildman–Crippen MR) is 112 cm³/mol. The average molecular weight is 501 g/mol. The third kappa shape index (κ3) is 5.86. The molecule has 2 aromatic carbocycles. The standard InChI is InChI=1S/C18H19Br2N3O4/c1-3-22-15-8-11(4-5-14(15)21)27-18-12(19)6-10(7-13(18)20)23-16(24)9-17(25)26-2/h4-8,22H,3,9,21H2,1-2H3,(H,23,24). The summed E-state index contributed by atoms with van der Waals surface area (Å²) in [6.45, 7) is 2.72. The van der Waals surface area contributed by atoms with Crippen LogP contribution in [0.5, 0.6) is 11.5 Å². The lowest BCUT2D eigenvalue weighted by atomic mass is 10.2. The van der Waals surface area contributed by atoms with E-state index in [-0.39, 0.29) is 6.42 Å². The Hall–Kier alpha value is -2.26. The van der Waals surface area contributed by atoms with Gasteiger partial charge in [-0.25, -0.2) is 0 Å². The molecule has 2 aromatic rings. The van der Waals surface area contributed by atoms with Gasteiger partial charge >= 0.3 is 5.97 Å². The molecule has 0 aromatic heterocycles. The van der Waals surface area contributed by atoms with Crippen LogP contribution in [0, 0.1) is 0 Å². The van der Waals surface area contributed by atoms with Crippen molar-refractivity contribution in [2.24, 2.45) is 0 Å². The van der Waals surface area contributed by atoms with Crippen molar-refractivity contribution in [3.05, 3.63) is 39.3 Å². The zero-order valence-electron chi connectivity index (χ0n) is 14.8. The van der Waals surface area contributed by atoms with Gasteiger partial charge in [0.1, 0.15) is 12.2 Å². The largest absolute Gasteiger partial charge is 0.469 e. The number of anilines is 3. The number of rotatable bonds is 7. The van der Waals surface area contributed by atoms with Crippen molar-refractivity contribution in [3.8, 4) is 11.5 Å². The molecule has 0 aliphatic heterocycles. The van der Waals surface area contributed by atoms with Gasteiger partial charge < -0.3 is 25.8 Å². The highest BCUT2D eigenvalue weighted by molar-refractivity contribution is 9.11. The monoisotopic (exact) mass is 499 g/mol. The predicted octanol–water partition coefficient (Wildman–Crippen LogP) is 4.52. The van der Waals surface area contributed by atoms with Crippen LogP contribution in [0.25, 0.3) is 0 Å². The molecule has 0 radical (unpaired) electrons. The van der Waals surface area contributed by atoms with Crippen LogP contribution in [0.15, 0.2) is 39.3 Å². The minimum atomic E-state index is -0.606. The van der Waals surface area contributed by atoms with Gasteiger partial charge in [0.2, 0.25) is 5.91 Å². The van der Waals surface area contributed by atoms with Gasteiger partial charge in [0.15, 0.2) is 5.75 Å². The summed E-state index contributed by atoms with van der Waals surface area (Å²) in [5.41, 5.74) is 7.85. The molecule has 27 heavy (non-hydrogen) atoms. The van der Waals surface area contributed by atoms with E-state index in [4.69, 9.17) is 10.5 Å². The maximum absolute atomic E-state index is 11.8. The summed E-state index contributed by atoms with van der Waals surface area (Å²) in [6, 6.07) is 8.69. The zero-order chi connectivity index (χ0) is 20.0. The van der Waals surface area contributed by atoms with E-state index < -0.39 is 11.9 Å². The Balaban J connectivity index is 2.18. The molecule has 0 aliphatic rings. The van der Waals surface area contributed by atoms with Crippen LogP contribution in [0.1, 0.15) is 13.3 Å². The third-order valence-corrected chi connectivity index (χ3v) is 4.60. The molecule has 0 heterocycles. The second kappa shape index (κ2) is 9.61. The Morgan fingerprint density at radius 3 is 2.41 bits per heavy atom. The summed E-state index contributed by atoms with van der Waals surface area (Å²) >= 11 is 6.87. The van der Waals surface area contributed by atoms with Gasteiger partial charge in [-0.1, -0.05) is 0 Å². The fraction of sp³-hybridized carbons (Fsp3) is 0.222. The first-order valence-electron chi connectivity index (χ1n) is 8.01. The van der Waals surface area contributed by atoms with Gasteiger partial charge in [0.25, 0.3) is 0 Å². The molecule has 0 spiro atoms. The molecule has 0 unspecified atom stereocenters. The number of amides is 1. The van der Waals surface area contributed by atoms with Crippen LogP contribution in [-0.2, 0) is 14.3 Å². The van der Waals surface area contributed by atoms with Crippen molar-refractivity contribution in [2.75, 3.05) is 30.0 Å². The van der Waals surface area contributed by atoms with Crippen molar-refractivity contribution < 1.29 is 19.1 Å². The maximum Gasteiger partial charge on any atom is 0.315 e. The number of ether oxygens (including phenoxy) is 2.